The van der Waals surface area contributed by atoms with Gasteiger partial charge in [0, 0.05) is 16.5 Å². The number of benzene rings is 2. The highest BCUT2D eigenvalue weighted by Gasteiger charge is 2.15. The monoisotopic (exact) mass is 318 g/mol. The van der Waals surface area contributed by atoms with E-state index in [2.05, 4.69) is 15.1 Å². The maximum Gasteiger partial charge on any atom is 0.299 e. The van der Waals surface area contributed by atoms with E-state index in [0.29, 0.717) is 16.0 Å². The van der Waals surface area contributed by atoms with Crippen LogP contribution in [-0.2, 0) is 0 Å². The van der Waals surface area contributed by atoms with Crippen molar-refractivity contribution in [3.8, 4) is 10.6 Å². The fourth-order valence-electron chi connectivity index (χ4n) is 2.78. The summed E-state index contributed by atoms with van der Waals surface area (Å²) >= 11 is 1.42. The number of nitrogens with one attached hydrogen (secondary N) is 1. The van der Waals surface area contributed by atoms with Crippen molar-refractivity contribution in [3.63, 3.8) is 0 Å². The Balaban J connectivity index is 1.89. The zero-order valence-corrected chi connectivity index (χ0v) is 12.7. The van der Waals surface area contributed by atoms with Crippen molar-refractivity contribution in [1.29, 1.82) is 0 Å². The van der Waals surface area contributed by atoms with Crippen LogP contribution in [0.25, 0.3) is 37.5 Å². The maximum absolute atomic E-state index is 12.7. The minimum Gasteiger partial charge on any atom is -0.349 e. The molecule has 2 aromatic carbocycles. The number of aromatic amines is 1. The second kappa shape index (κ2) is 4.50. The molecule has 0 saturated carbocycles. The summed E-state index contributed by atoms with van der Waals surface area (Å²) in [6.07, 6.45) is 0. The van der Waals surface area contributed by atoms with Crippen LogP contribution in [0.2, 0.25) is 0 Å². The number of aromatic nitrogens is 4. The predicted octanol–water partition coefficient (Wildman–Crippen LogP) is 3.45. The minimum atomic E-state index is -0.167. The summed E-state index contributed by atoms with van der Waals surface area (Å²) in [5, 5.41) is 6.18. The molecule has 5 rings (SSSR count). The highest BCUT2D eigenvalue weighted by molar-refractivity contribution is 7.19. The smallest absolute Gasteiger partial charge is 0.299 e. The first-order valence-corrected chi connectivity index (χ1v) is 7.98. The quantitative estimate of drug-likeness (QED) is 0.515. The van der Waals surface area contributed by atoms with E-state index < -0.39 is 0 Å². The van der Waals surface area contributed by atoms with E-state index >= 15 is 0 Å². The van der Waals surface area contributed by atoms with Crippen molar-refractivity contribution < 1.29 is 0 Å². The van der Waals surface area contributed by atoms with E-state index in [1.165, 1.54) is 15.9 Å². The molecule has 5 aromatic rings. The van der Waals surface area contributed by atoms with Crippen molar-refractivity contribution in [3.05, 3.63) is 65.0 Å². The Kier molecular flexibility index (Phi) is 2.46. The SMILES string of the molecule is O=c1c2[nH]c3ccccc3c2nc2sc(-c3ccccc3)nn12. The van der Waals surface area contributed by atoms with Crippen molar-refractivity contribution in [2.24, 2.45) is 0 Å². The van der Waals surface area contributed by atoms with Gasteiger partial charge in [0.05, 0.1) is 0 Å². The molecule has 0 atom stereocenters. The third-order valence-corrected chi connectivity index (χ3v) is 4.83. The molecule has 6 heteroatoms. The Hall–Kier alpha value is -2.99. The average molecular weight is 318 g/mol. The standard InChI is InChI=1S/C17H10N4OS/c22-16-14-13(11-8-4-5-9-12(11)18-14)19-17-21(16)20-15(23-17)10-6-2-1-3-7-10/h1-9,18H. The van der Waals surface area contributed by atoms with Gasteiger partial charge in [0.2, 0.25) is 4.96 Å². The van der Waals surface area contributed by atoms with Crippen LogP contribution >= 0.6 is 11.3 Å². The van der Waals surface area contributed by atoms with Gasteiger partial charge in [-0.3, -0.25) is 4.79 Å². The van der Waals surface area contributed by atoms with Gasteiger partial charge in [-0.05, 0) is 6.07 Å². The molecule has 23 heavy (non-hydrogen) atoms. The number of para-hydroxylation sites is 1. The second-order valence-electron chi connectivity index (χ2n) is 5.28. The Morgan fingerprint density at radius 3 is 2.65 bits per heavy atom. The predicted molar refractivity (Wildman–Crippen MR) is 91.9 cm³/mol. The molecule has 3 heterocycles. The van der Waals surface area contributed by atoms with E-state index in [0.717, 1.165) is 21.5 Å². The zero-order valence-electron chi connectivity index (χ0n) is 11.9. The molecular formula is C17H10N4OS. The van der Waals surface area contributed by atoms with Gasteiger partial charge in [0.15, 0.2) is 0 Å². The Morgan fingerprint density at radius 1 is 1.00 bits per heavy atom. The molecule has 0 fully saturated rings. The summed E-state index contributed by atoms with van der Waals surface area (Å²) in [5.41, 5.74) is 2.92. The van der Waals surface area contributed by atoms with Gasteiger partial charge in [-0.25, -0.2) is 4.98 Å². The molecule has 0 radical (unpaired) electrons. The third kappa shape index (κ3) is 1.75. The van der Waals surface area contributed by atoms with Crippen LogP contribution in [0.5, 0.6) is 0 Å². The van der Waals surface area contributed by atoms with Crippen molar-refractivity contribution in [2.75, 3.05) is 0 Å². The molecule has 0 aliphatic heterocycles. The van der Waals surface area contributed by atoms with Gasteiger partial charge in [-0.2, -0.15) is 9.61 Å². The van der Waals surface area contributed by atoms with Crippen LogP contribution in [0.3, 0.4) is 0 Å². The zero-order chi connectivity index (χ0) is 15.4. The second-order valence-corrected chi connectivity index (χ2v) is 6.23. The van der Waals surface area contributed by atoms with Gasteiger partial charge in [0.1, 0.15) is 16.0 Å². The van der Waals surface area contributed by atoms with Crippen molar-refractivity contribution >= 4 is 38.2 Å². The number of nitrogens with zero attached hydrogens (tertiary/aromatic N) is 3. The lowest BCUT2D eigenvalue weighted by molar-refractivity contribution is 0.917. The van der Waals surface area contributed by atoms with E-state index in [9.17, 15) is 4.79 Å². The molecule has 0 saturated heterocycles. The molecule has 0 amide bonds. The summed E-state index contributed by atoms with van der Waals surface area (Å²) in [5.74, 6) is 0. The molecular weight excluding hydrogens is 308 g/mol. The van der Waals surface area contributed by atoms with Crippen LogP contribution in [0, 0.1) is 0 Å². The van der Waals surface area contributed by atoms with Crippen molar-refractivity contribution in [1.82, 2.24) is 19.6 Å². The van der Waals surface area contributed by atoms with Crippen LogP contribution in [0.4, 0.5) is 0 Å². The minimum absolute atomic E-state index is 0.167. The number of hydrogen-bond acceptors (Lipinski definition) is 4. The summed E-state index contributed by atoms with van der Waals surface area (Å²) in [4.78, 5) is 21.2. The molecule has 1 N–H and O–H groups in total. The highest BCUT2D eigenvalue weighted by atomic mass is 32.1. The van der Waals surface area contributed by atoms with Crippen LogP contribution in [-0.4, -0.2) is 19.6 Å². The number of rotatable bonds is 1. The molecule has 3 aromatic heterocycles. The van der Waals surface area contributed by atoms with Crippen molar-refractivity contribution in [2.45, 2.75) is 0 Å². The molecule has 0 aliphatic rings. The summed E-state index contributed by atoms with van der Waals surface area (Å²) in [6, 6.07) is 17.6. The number of hydrogen-bond donors (Lipinski definition) is 1. The van der Waals surface area contributed by atoms with Crippen LogP contribution < -0.4 is 5.56 Å². The normalized spacial score (nSPS) is 11.7. The molecule has 0 aliphatic carbocycles. The van der Waals surface area contributed by atoms with Gasteiger partial charge in [0.25, 0.3) is 5.56 Å². The summed E-state index contributed by atoms with van der Waals surface area (Å²) in [7, 11) is 0. The number of H-pyrrole nitrogens is 1. The van der Waals surface area contributed by atoms with E-state index in [-0.39, 0.29) is 5.56 Å². The first-order chi connectivity index (χ1) is 11.3. The molecule has 0 bridgehead atoms. The van der Waals surface area contributed by atoms with E-state index in [4.69, 9.17) is 0 Å². The van der Waals surface area contributed by atoms with Gasteiger partial charge >= 0.3 is 0 Å². The largest absolute Gasteiger partial charge is 0.349 e. The fourth-order valence-corrected chi connectivity index (χ4v) is 3.68. The topological polar surface area (TPSA) is 63.0 Å². The molecule has 0 unspecified atom stereocenters. The van der Waals surface area contributed by atoms with Gasteiger partial charge < -0.3 is 4.98 Å². The highest BCUT2D eigenvalue weighted by Crippen LogP contribution is 2.27. The van der Waals surface area contributed by atoms with E-state index in [1.54, 1.807) is 0 Å². The first-order valence-electron chi connectivity index (χ1n) is 7.17. The Bertz CT molecular complexity index is 1230. The maximum atomic E-state index is 12.7. The van der Waals surface area contributed by atoms with Crippen LogP contribution in [0.15, 0.2) is 59.4 Å². The van der Waals surface area contributed by atoms with Crippen LogP contribution in [0.1, 0.15) is 0 Å². The lowest BCUT2D eigenvalue weighted by atomic mass is 10.2. The first kappa shape index (κ1) is 12.5. The lowest BCUT2D eigenvalue weighted by Gasteiger charge is -1.92. The molecule has 5 nitrogen and oxygen atoms in total. The van der Waals surface area contributed by atoms with Gasteiger partial charge in [-0.1, -0.05) is 59.9 Å². The summed E-state index contributed by atoms with van der Waals surface area (Å²) in [6.45, 7) is 0. The lowest BCUT2D eigenvalue weighted by Crippen LogP contribution is -2.15. The number of fused-ring (bicyclic) bond motifs is 4. The molecule has 0 spiro atoms. The Labute approximate surface area is 133 Å². The fraction of sp³-hybridized carbons (Fsp3) is 0. The molecule has 110 valence electrons. The average Bonchev–Trinajstić information content (AvgIpc) is 3.18. The summed E-state index contributed by atoms with van der Waals surface area (Å²) < 4.78 is 1.38. The van der Waals surface area contributed by atoms with Gasteiger partial charge in [-0.15, -0.1) is 0 Å². The Morgan fingerprint density at radius 2 is 1.78 bits per heavy atom. The third-order valence-electron chi connectivity index (χ3n) is 3.87. The van der Waals surface area contributed by atoms with E-state index in [1.807, 2.05) is 54.6 Å².